The first-order valence-corrected chi connectivity index (χ1v) is 4.63. The Hall–Kier alpha value is -1.94. The third kappa shape index (κ3) is 2.55. The number of hydrogen-bond acceptors (Lipinski definition) is 3. The molecule has 1 amide bonds. The first-order chi connectivity index (χ1) is 7.46. The Kier molecular flexibility index (Phi) is 5.12. The molecule has 0 aliphatic heterocycles. The second-order valence-corrected chi connectivity index (χ2v) is 3.54. The molecule has 4 nitrogen and oxygen atoms in total. The Balaban J connectivity index is 5.45. The molecule has 0 aromatic heterocycles. The summed E-state index contributed by atoms with van der Waals surface area (Å²) in [5.74, 6) is 3.47. The van der Waals surface area contributed by atoms with E-state index in [0.717, 1.165) is 0 Å². The molecule has 0 N–H and O–H groups in total. The zero-order valence-corrected chi connectivity index (χ0v) is 9.74. The van der Waals surface area contributed by atoms with E-state index in [4.69, 9.17) is 12.8 Å². The van der Waals surface area contributed by atoms with Gasteiger partial charge in [0.15, 0.2) is 5.41 Å². The normalized spacial score (nSPS) is 9.81. The summed E-state index contributed by atoms with van der Waals surface area (Å²) in [4.78, 5) is 25.0. The van der Waals surface area contributed by atoms with Gasteiger partial charge in [0.2, 0.25) is 5.91 Å². The number of esters is 1. The van der Waals surface area contributed by atoms with Crippen LogP contribution in [-0.4, -0.2) is 38.0 Å². The molecule has 0 saturated heterocycles. The molecule has 0 aromatic carbocycles. The van der Waals surface area contributed by atoms with Crippen LogP contribution in [-0.2, 0) is 14.3 Å². The third-order valence-corrected chi connectivity index (χ3v) is 2.20. The van der Waals surface area contributed by atoms with Crippen LogP contribution >= 0.6 is 0 Å². The molecule has 0 bridgehead atoms. The van der Waals surface area contributed by atoms with Crippen molar-refractivity contribution < 1.29 is 14.3 Å². The van der Waals surface area contributed by atoms with E-state index >= 15 is 0 Å². The second-order valence-electron chi connectivity index (χ2n) is 3.54. The smallest absolute Gasteiger partial charge is 0.323 e. The van der Waals surface area contributed by atoms with Crippen LogP contribution in [0.3, 0.4) is 0 Å². The Morgan fingerprint density at radius 3 is 1.94 bits per heavy atom. The largest absolute Gasteiger partial charge is 0.468 e. The Bertz CT molecular complexity index is 341. The van der Waals surface area contributed by atoms with Gasteiger partial charge in [0.1, 0.15) is 0 Å². The first kappa shape index (κ1) is 14.1. The fraction of sp³-hybridized carbons (Fsp3) is 0.500. The molecule has 16 heavy (non-hydrogen) atoms. The molecule has 0 unspecified atom stereocenters. The topological polar surface area (TPSA) is 46.6 Å². The summed E-state index contributed by atoms with van der Waals surface area (Å²) in [6.07, 6.45) is 10.2. The zero-order chi connectivity index (χ0) is 12.8. The van der Waals surface area contributed by atoms with Gasteiger partial charge in [-0.25, -0.2) is 0 Å². The fourth-order valence-electron chi connectivity index (χ4n) is 1.42. The number of rotatable bonds is 4. The van der Waals surface area contributed by atoms with Crippen molar-refractivity contribution in [3.05, 3.63) is 0 Å². The lowest BCUT2D eigenvalue weighted by Gasteiger charge is -2.28. The standard InChI is InChI=1S/C12H15NO3/c1-6-8-12(9-7-2,11(15)16-5)10(14)13(3)4/h1-2H,8-9H2,3-5H3. The van der Waals surface area contributed by atoms with Crippen LogP contribution in [0.15, 0.2) is 0 Å². The van der Waals surface area contributed by atoms with Crippen molar-refractivity contribution in [3.8, 4) is 24.7 Å². The highest BCUT2D eigenvalue weighted by atomic mass is 16.5. The van der Waals surface area contributed by atoms with Gasteiger partial charge in [-0.05, 0) is 0 Å². The monoisotopic (exact) mass is 221 g/mol. The summed E-state index contributed by atoms with van der Waals surface area (Å²) >= 11 is 0. The molecule has 0 aliphatic rings. The quantitative estimate of drug-likeness (QED) is 0.389. The minimum Gasteiger partial charge on any atom is -0.468 e. The van der Waals surface area contributed by atoms with Crippen molar-refractivity contribution in [1.82, 2.24) is 4.90 Å². The van der Waals surface area contributed by atoms with Crippen molar-refractivity contribution in [3.63, 3.8) is 0 Å². The van der Waals surface area contributed by atoms with Gasteiger partial charge in [-0.1, -0.05) is 0 Å². The van der Waals surface area contributed by atoms with E-state index in [1.165, 1.54) is 26.1 Å². The molecule has 0 atom stereocenters. The van der Waals surface area contributed by atoms with Crippen LogP contribution in [0, 0.1) is 30.1 Å². The van der Waals surface area contributed by atoms with Gasteiger partial charge >= 0.3 is 5.97 Å². The molecule has 0 aliphatic carbocycles. The highest BCUT2D eigenvalue weighted by Crippen LogP contribution is 2.29. The maximum absolute atomic E-state index is 12.0. The highest BCUT2D eigenvalue weighted by Gasteiger charge is 2.46. The molecule has 0 aromatic rings. The highest BCUT2D eigenvalue weighted by molar-refractivity contribution is 6.03. The van der Waals surface area contributed by atoms with E-state index < -0.39 is 17.3 Å². The zero-order valence-electron chi connectivity index (χ0n) is 9.74. The van der Waals surface area contributed by atoms with Gasteiger partial charge in [0.25, 0.3) is 0 Å². The van der Waals surface area contributed by atoms with E-state index in [-0.39, 0.29) is 12.8 Å². The van der Waals surface area contributed by atoms with Crippen LogP contribution in [0.1, 0.15) is 12.8 Å². The molecule has 0 fully saturated rings. The van der Waals surface area contributed by atoms with E-state index in [0.29, 0.717) is 0 Å². The number of amides is 1. The lowest BCUT2D eigenvalue weighted by molar-refractivity contribution is -0.161. The predicted octanol–water partition coefficient (Wildman–Crippen LogP) is 0.281. The fourth-order valence-corrected chi connectivity index (χ4v) is 1.42. The molecule has 4 heteroatoms. The average molecular weight is 221 g/mol. The van der Waals surface area contributed by atoms with Gasteiger partial charge in [-0.2, -0.15) is 0 Å². The molecular formula is C12H15NO3. The van der Waals surface area contributed by atoms with Crippen LogP contribution in [0.5, 0.6) is 0 Å². The van der Waals surface area contributed by atoms with E-state index in [1.54, 1.807) is 0 Å². The Morgan fingerprint density at radius 1 is 1.25 bits per heavy atom. The summed E-state index contributed by atoms with van der Waals surface area (Å²) in [5, 5.41) is 0. The van der Waals surface area contributed by atoms with Gasteiger partial charge in [0, 0.05) is 26.9 Å². The third-order valence-electron chi connectivity index (χ3n) is 2.20. The van der Waals surface area contributed by atoms with Crippen LogP contribution in [0.2, 0.25) is 0 Å². The maximum atomic E-state index is 12.0. The number of ether oxygens (including phenoxy) is 1. The average Bonchev–Trinajstić information content (AvgIpc) is 2.26. The minimum absolute atomic E-state index is 0.0686. The van der Waals surface area contributed by atoms with Crippen LogP contribution in [0.4, 0.5) is 0 Å². The minimum atomic E-state index is -1.46. The summed E-state index contributed by atoms with van der Waals surface area (Å²) in [7, 11) is 4.27. The second kappa shape index (κ2) is 5.82. The van der Waals surface area contributed by atoms with Crippen molar-refractivity contribution >= 4 is 11.9 Å². The lowest BCUT2D eigenvalue weighted by atomic mass is 9.80. The van der Waals surface area contributed by atoms with Crippen LogP contribution in [0.25, 0.3) is 0 Å². The van der Waals surface area contributed by atoms with E-state index in [1.807, 2.05) is 0 Å². The number of hydrogen-bond donors (Lipinski definition) is 0. The van der Waals surface area contributed by atoms with Gasteiger partial charge in [0.05, 0.1) is 7.11 Å². The first-order valence-electron chi connectivity index (χ1n) is 4.63. The van der Waals surface area contributed by atoms with Crippen LogP contribution < -0.4 is 0 Å². The molecule has 0 heterocycles. The van der Waals surface area contributed by atoms with Gasteiger partial charge in [-0.3, -0.25) is 9.59 Å². The summed E-state index contributed by atoms with van der Waals surface area (Å²) in [5.41, 5.74) is -1.46. The SMILES string of the molecule is C#CCC(CC#C)(C(=O)OC)C(=O)N(C)C. The van der Waals surface area contributed by atoms with Gasteiger partial charge in [-0.15, -0.1) is 24.7 Å². The summed E-state index contributed by atoms with van der Waals surface area (Å²) in [6, 6.07) is 0. The molecule has 0 spiro atoms. The number of carbonyl (C=O) groups is 2. The number of terminal acetylenes is 2. The number of nitrogens with zero attached hydrogens (tertiary/aromatic N) is 1. The molecular weight excluding hydrogens is 206 g/mol. The van der Waals surface area contributed by atoms with Crippen molar-refractivity contribution in [2.24, 2.45) is 5.41 Å². The Labute approximate surface area is 95.9 Å². The predicted molar refractivity (Wildman–Crippen MR) is 60.0 cm³/mol. The number of methoxy groups -OCH3 is 1. The van der Waals surface area contributed by atoms with Gasteiger partial charge < -0.3 is 9.64 Å². The molecule has 86 valence electrons. The lowest BCUT2D eigenvalue weighted by Crippen LogP contribution is -2.46. The Morgan fingerprint density at radius 2 is 1.69 bits per heavy atom. The maximum Gasteiger partial charge on any atom is 0.323 e. The van der Waals surface area contributed by atoms with Crippen molar-refractivity contribution in [1.29, 1.82) is 0 Å². The number of carbonyl (C=O) groups excluding carboxylic acids is 2. The van der Waals surface area contributed by atoms with E-state index in [9.17, 15) is 9.59 Å². The van der Waals surface area contributed by atoms with Crippen molar-refractivity contribution in [2.45, 2.75) is 12.8 Å². The molecule has 0 radical (unpaired) electrons. The summed E-state index contributed by atoms with van der Waals surface area (Å²) < 4.78 is 4.61. The molecule has 0 rings (SSSR count). The van der Waals surface area contributed by atoms with Crippen molar-refractivity contribution in [2.75, 3.05) is 21.2 Å². The molecule has 0 saturated carbocycles. The van der Waals surface area contributed by atoms with E-state index in [2.05, 4.69) is 16.6 Å². The summed E-state index contributed by atoms with van der Waals surface area (Å²) in [6.45, 7) is 0.